The lowest BCUT2D eigenvalue weighted by Gasteiger charge is -2.31. The lowest BCUT2D eigenvalue weighted by molar-refractivity contribution is 0.186. The summed E-state index contributed by atoms with van der Waals surface area (Å²) in [5.41, 5.74) is 1.25. The number of piperidine rings is 1. The first kappa shape index (κ1) is 13.0. The van der Waals surface area contributed by atoms with Crippen molar-refractivity contribution in [2.45, 2.75) is 45.2 Å². The zero-order valence-corrected chi connectivity index (χ0v) is 11.9. The molecule has 0 aromatic carbocycles. The van der Waals surface area contributed by atoms with Gasteiger partial charge in [-0.1, -0.05) is 13.8 Å². The summed E-state index contributed by atoms with van der Waals surface area (Å²) in [6, 6.07) is 0.659. The van der Waals surface area contributed by atoms with Crippen molar-refractivity contribution in [2.24, 2.45) is 0 Å². The van der Waals surface area contributed by atoms with Crippen LogP contribution in [-0.2, 0) is 6.54 Å². The largest absolute Gasteiger partial charge is 0.316 e. The number of nitrogens with one attached hydrogen (secondary N) is 1. The molecule has 1 saturated heterocycles. The van der Waals surface area contributed by atoms with E-state index in [1.54, 1.807) is 11.3 Å². The van der Waals surface area contributed by atoms with Crippen LogP contribution in [0.5, 0.6) is 0 Å². The molecule has 96 valence electrons. The summed E-state index contributed by atoms with van der Waals surface area (Å²) < 4.78 is 0. The molecule has 1 atom stereocenters. The summed E-state index contributed by atoms with van der Waals surface area (Å²) in [4.78, 5) is 7.23. The van der Waals surface area contributed by atoms with Gasteiger partial charge in [-0.15, -0.1) is 11.3 Å². The Morgan fingerprint density at radius 2 is 2.41 bits per heavy atom. The summed E-state index contributed by atoms with van der Waals surface area (Å²) in [7, 11) is 2.06. The molecule has 1 aliphatic rings. The minimum absolute atomic E-state index is 0.556. The van der Waals surface area contributed by atoms with Crippen molar-refractivity contribution in [3.05, 3.63) is 16.1 Å². The molecule has 1 aliphatic heterocycles. The molecule has 3 nitrogen and oxygen atoms in total. The number of likely N-dealkylation sites (tertiary alicyclic amines) is 1. The van der Waals surface area contributed by atoms with Gasteiger partial charge < -0.3 is 5.32 Å². The van der Waals surface area contributed by atoms with Gasteiger partial charge in [-0.3, -0.25) is 4.90 Å². The Kier molecular flexibility index (Phi) is 4.54. The molecule has 1 fully saturated rings. The van der Waals surface area contributed by atoms with E-state index < -0.39 is 0 Å². The molecule has 1 N–H and O–H groups in total. The molecule has 2 rings (SSSR count). The molecule has 1 aromatic heterocycles. The lowest BCUT2D eigenvalue weighted by atomic mass is 10.1. The topological polar surface area (TPSA) is 28.2 Å². The van der Waals surface area contributed by atoms with Crippen LogP contribution in [-0.4, -0.2) is 36.1 Å². The maximum Gasteiger partial charge on any atom is 0.0954 e. The van der Waals surface area contributed by atoms with Gasteiger partial charge in [-0.05, 0) is 26.4 Å². The summed E-state index contributed by atoms with van der Waals surface area (Å²) in [5, 5.41) is 6.87. The minimum Gasteiger partial charge on any atom is -0.316 e. The monoisotopic (exact) mass is 253 g/mol. The first-order valence-corrected chi connectivity index (χ1v) is 7.41. The minimum atomic E-state index is 0.556. The molecule has 0 radical (unpaired) electrons. The zero-order valence-electron chi connectivity index (χ0n) is 11.1. The van der Waals surface area contributed by atoms with Gasteiger partial charge in [-0.2, -0.15) is 0 Å². The number of hydrogen-bond acceptors (Lipinski definition) is 4. The molecular weight excluding hydrogens is 230 g/mol. The molecule has 0 bridgehead atoms. The van der Waals surface area contributed by atoms with Crippen LogP contribution in [0.1, 0.15) is 43.3 Å². The van der Waals surface area contributed by atoms with Crippen molar-refractivity contribution in [3.8, 4) is 0 Å². The van der Waals surface area contributed by atoms with Crippen LogP contribution in [0.2, 0.25) is 0 Å². The molecule has 0 aliphatic carbocycles. The van der Waals surface area contributed by atoms with Gasteiger partial charge in [0, 0.05) is 30.4 Å². The maximum absolute atomic E-state index is 4.71. The van der Waals surface area contributed by atoms with Crippen molar-refractivity contribution in [1.29, 1.82) is 0 Å². The van der Waals surface area contributed by atoms with Crippen molar-refractivity contribution in [3.63, 3.8) is 0 Å². The number of rotatable bonds is 4. The van der Waals surface area contributed by atoms with Crippen molar-refractivity contribution in [2.75, 3.05) is 20.1 Å². The van der Waals surface area contributed by atoms with Gasteiger partial charge in [0.05, 0.1) is 10.7 Å². The second kappa shape index (κ2) is 5.94. The van der Waals surface area contributed by atoms with Crippen LogP contribution in [0.4, 0.5) is 0 Å². The second-order valence-electron chi connectivity index (χ2n) is 5.19. The van der Waals surface area contributed by atoms with Gasteiger partial charge in [0.2, 0.25) is 0 Å². The first-order valence-electron chi connectivity index (χ1n) is 6.53. The number of aromatic nitrogens is 1. The van der Waals surface area contributed by atoms with Gasteiger partial charge in [0.15, 0.2) is 0 Å². The first-order chi connectivity index (χ1) is 8.19. The van der Waals surface area contributed by atoms with E-state index in [-0.39, 0.29) is 0 Å². The Balaban J connectivity index is 1.91. The van der Waals surface area contributed by atoms with E-state index in [0.717, 1.165) is 13.1 Å². The highest BCUT2D eigenvalue weighted by atomic mass is 32.1. The standard InChI is InChI=1S/C13H23N3S/c1-10(2)13-15-12(9-17-13)8-16-6-4-5-11(7-16)14-3/h9-11,14H,4-8H2,1-3H3. The van der Waals surface area contributed by atoms with Crippen molar-refractivity contribution >= 4 is 11.3 Å². The maximum atomic E-state index is 4.71. The highest BCUT2D eigenvalue weighted by molar-refractivity contribution is 7.09. The fourth-order valence-electron chi connectivity index (χ4n) is 2.32. The molecule has 1 aromatic rings. The zero-order chi connectivity index (χ0) is 12.3. The van der Waals surface area contributed by atoms with Gasteiger partial charge >= 0.3 is 0 Å². The number of hydrogen-bond donors (Lipinski definition) is 1. The Hall–Kier alpha value is -0.450. The van der Waals surface area contributed by atoms with E-state index in [1.165, 1.54) is 30.1 Å². The van der Waals surface area contributed by atoms with Crippen molar-refractivity contribution in [1.82, 2.24) is 15.2 Å². The van der Waals surface area contributed by atoms with E-state index in [4.69, 9.17) is 4.98 Å². The number of nitrogens with zero attached hydrogens (tertiary/aromatic N) is 2. The Morgan fingerprint density at radius 1 is 1.59 bits per heavy atom. The fraction of sp³-hybridized carbons (Fsp3) is 0.769. The molecule has 4 heteroatoms. The predicted octanol–water partition coefficient (Wildman–Crippen LogP) is 2.45. The quantitative estimate of drug-likeness (QED) is 0.893. The summed E-state index contributed by atoms with van der Waals surface area (Å²) in [5.74, 6) is 0.556. The van der Waals surface area contributed by atoms with Crippen LogP contribution in [0.25, 0.3) is 0 Å². The van der Waals surface area contributed by atoms with Crippen LogP contribution in [0.3, 0.4) is 0 Å². The molecule has 17 heavy (non-hydrogen) atoms. The van der Waals surface area contributed by atoms with E-state index in [1.807, 2.05) is 0 Å². The van der Waals surface area contributed by atoms with Gasteiger partial charge in [-0.25, -0.2) is 4.98 Å². The Morgan fingerprint density at radius 3 is 3.06 bits per heavy atom. The second-order valence-corrected chi connectivity index (χ2v) is 6.08. The lowest BCUT2D eigenvalue weighted by Crippen LogP contribution is -2.43. The van der Waals surface area contributed by atoms with E-state index in [2.05, 4.69) is 36.5 Å². The van der Waals surface area contributed by atoms with Gasteiger partial charge in [0.25, 0.3) is 0 Å². The van der Waals surface area contributed by atoms with Crippen LogP contribution in [0.15, 0.2) is 5.38 Å². The molecule has 1 unspecified atom stereocenters. The number of likely N-dealkylation sites (N-methyl/N-ethyl adjacent to an activating group) is 1. The van der Waals surface area contributed by atoms with Crippen LogP contribution < -0.4 is 5.32 Å². The van der Waals surface area contributed by atoms with E-state index in [9.17, 15) is 0 Å². The normalized spacial score (nSPS) is 22.2. The van der Waals surface area contributed by atoms with E-state index in [0.29, 0.717) is 12.0 Å². The highest BCUT2D eigenvalue weighted by Crippen LogP contribution is 2.21. The summed E-state index contributed by atoms with van der Waals surface area (Å²) in [6.07, 6.45) is 2.61. The predicted molar refractivity (Wildman–Crippen MR) is 73.6 cm³/mol. The van der Waals surface area contributed by atoms with Crippen LogP contribution in [0, 0.1) is 0 Å². The summed E-state index contributed by atoms with van der Waals surface area (Å²) >= 11 is 1.80. The SMILES string of the molecule is CNC1CCCN(Cc2csc(C(C)C)n2)C1. The van der Waals surface area contributed by atoms with Gasteiger partial charge in [0.1, 0.15) is 0 Å². The third-order valence-corrected chi connectivity index (χ3v) is 4.56. The third-order valence-electron chi connectivity index (χ3n) is 3.36. The molecule has 0 spiro atoms. The Labute approximate surface area is 108 Å². The molecule has 0 amide bonds. The van der Waals surface area contributed by atoms with Crippen LogP contribution >= 0.6 is 11.3 Å². The molecule has 2 heterocycles. The molecule has 0 saturated carbocycles. The molecular formula is C13H23N3S. The van der Waals surface area contributed by atoms with Crippen molar-refractivity contribution < 1.29 is 0 Å². The number of thiazole rings is 1. The fourth-order valence-corrected chi connectivity index (χ4v) is 3.15. The van der Waals surface area contributed by atoms with E-state index >= 15 is 0 Å². The summed E-state index contributed by atoms with van der Waals surface area (Å²) in [6.45, 7) is 7.81. The average molecular weight is 253 g/mol. The third kappa shape index (κ3) is 3.50. The Bertz CT molecular complexity index is 348. The smallest absolute Gasteiger partial charge is 0.0954 e. The highest BCUT2D eigenvalue weighted by Gasteiger charge is 2.19. The average Bonchev–Trinajstić information content (AvgIpc) is 2.78.